The minimum atomic E-state index is 1.01. The fourth-order valence-electron chi connectivity index (χ4n) is 0.629. The summed E-state index contributed by atoms with van der Waals surface area (Å²) in [5.41, 5.74) is 1.22. The summed E-state index contributed by atoms with van der Waals surface area (Å²) in [4.78, 5) is 1.01. The van der Waals surface area contributed by atoms with Crippen LogP contribution in [0.15, 0.2) is 27.6 Å². The van der Waals surface area contributed by atoms with Gasteiger partial charge in [0.25, 0.3) is 0 Å². The number of halogens is 1. The van der Waals surface area contributed by atoms with E-state index in [0.717, 1.165) is 9.37 Å². The second kappa shape index (κ2) is 5.60. The van der Waals surface area contributed by atoms with Crippen molar-refractivity contribution in [3.63, 3.8) is 0 Å². The zero-order chi connectivity index (χ0) is 8.85. The molecule has 0 spiro atoms. The molecular formula is C7H9BrO2S. The van der Waals surface area contributed by atoms with Gasteiger partial charge in [-0.3, -0.25) is 10.5 Å². The Balaban J connectivity index is 0.000000461. The van der Waals surface area contributed by atoms with Crippen LogP contribution in [0.2, 0.25) is 0 Å². The van der Waals surface area contributed by atoms with Gasteiger partial charge in [0, 0.05) is 9.37 Å². The summed E-state index contributed by atoms with van der Waals surface area (Å²) in [6, 6.07) is 5.98. The van der Waals surface area contributed by atoms with Gasteiger partial charge >= 0.3 is 0 Å². The summed E-state index contributed by atoms with van der Waals surface area (Å²) in [5.74, 6) is 0. The van der Waals surface area contributed by atoms with E-state index in [2.05, 4.69) is 28.6 Å². The monoisotopic (exact) mass is 236 g/mol. The van der Waals surface area contributed by atoms with E-state index in [9.17, 15) is 0 Å². The van der Waals surface area contributed by atoms with E-state index >= 15 is 0 Å². The van der Waals surface area contributed by atoms with Crippen LogP contribution in [-0.4, -0.2) is 10.5 Å². The summed E-state index contributed by atoms with van der Waals surface area (Å²) in [6.45, 7) is 2.05. The van der Waals surface area contributed by atoms with Crippen LogP contribution in [0.25, 0.3) is 0 Å². The molecule has 4 heteroatoms. The predicted molar refractivity (Wildman–Crippen MR) is 51.4 cm³/mol. The topological polar surface area (TPSA) is 40.5 Å². The molecule has 0 fully saturated rings. The van der Waals surface area contributed by atoms with Gasteiger partial charge in [-0.1, -0.05) is 15.9 Å². The lowest BCUT2D eigenvalue weighted by Crippen LogP contribution is -1.73. The number of benzene rings is 1. The summed E-state index contributed by atoms with van der Waals surface area (Å²) in [6.07, 6.45) is 0. The molecule has 1 aromatic carbocycles. The van der Waals surface area contributed by atoms with Crippen molar-refractivity contribution >= 4 is 28.6 Å². The lowest BCUT2D eigenvalue weighted by atomic mass is 10.2. The predicted octanol–water partition coefficient (Wildman–Crippen LogP) is 3.06. The van der Waals surface area contributed by atoms with Gasteiger partial charge in [-0.25, -0.2) is 0 Å². The van der Waals surface area contributed by atoms with Crippen molar-refractivity contribution < 1.29 is 10.5 Å². The van der Waals surface area contributed by atoms with Crippen LogP contribution in [0.3, 0.4) is 0 Å². The summed E-state index contributed by atoms with van der Waals surface area (Å²) in [7, 11) is 0. The van der Waals surface area contributed by atoms with Crippen molar-refractivity contribution in [1.82, 2.24) is 0 Å². The van der Waals surface area contributed by atoms with Crippen molar-refractivity contribution in [2.24, 2.45) is 0 Å². The quantitative estimate of drug-likeness (QED) is 0.368. The molecule has 0 atom stereocenters. The normalized spacial score (nSPS) is 8.45. The average molecular weight is 237 g/mol. The number of aryl methyl sites for hydroxylation is 1. The number of rotatable bonds is 0. The van der Waals surface area contributed by atoms with Crippen molar-refractivity contribution in [2.75, 3.05) is 0 Å². The second-order valence-electron chi connectivity index (χ2n) is 1.93. The first-order valence-electron chi connectivity index (χ1n) is 2.85. The minimum Gasteiger partial charge on any atom is -0.255 e. The first-order valence-corrected chi connectivity index (χ1v) is 4.09. The van der Waals surface area contributed by atoms with Gasteiger partial charge in [-0.15, -0.1) is 12.6 Å². The first kappa shape index (κ1) is 11.0. The zero-order valence-corrected chi connectivity index (χ0v) is 8.43. The Bertz CT molecular complexity index is 228. The lowest BCUT2D eigenvalue weighted by Gasteiger charge is -1.96. The largest absolute Gasteiger partial charge is 0.255 e. The maximum absolute atomic E-state index is 6.00. The number of thiol groups is 1. The highest BCUT2D eigenvalue weighted by atomic mass is 79.9. The van der Waals surface area contributed by atoms with Crippen LogP contribution in [0.5, 0.6) is 0 Å². The van der Waals surface area contributed by atoms with Gasteiger partial charge in [0.05, 0.1) is 0 Å². The van der Waals surface area contributed by atoms with E-state index < -0.39 is 0 Å². The molecule has 0 saturated heterocycles. The Labute approximate surface area is 79.3 Å². The van der Waals surface area contributed by atoms with Gasteiger partial charge < -0.3 is 0 Å². The van der Waals surface area contributed by atoms with Crippen molar-refractivity contribution in [1.29, 1.82) is 0 Å². The molecule has 1 rings (SSSR count). The van der Waals surface area contributed by atoms with E-state index in [1.165, 1.54) is 5.56 Å². The molecule has 0 bridgehead atoms. The first-order chi connectivity index (χ1) is 5.20. The van der Waals surface area contributed by atoms with Crippen molar-refractivity contribution in [3.05, 3.63) is 28.2 Å². The van der Waals surface area contributed by atoms with Crippen LogP contribution in [0.1, 0.15) is 5.56 Å². The molecule has 62 valence electrons. The Hall–Kier alpha value is -0.0300. The van der Waals surface area contributed by atoms with E-state index in [-0.39, 0.29) is 0 Å². The summed E-state index contributed by atoms with van der Waals surface area (Å²) in [5, 5.41) is 12.0. The lowest BCUT2D eigenvalue weighted by molar-refractivity contribution is -0.176. The summed E-state index contributed by atoms with van der Waals surface area (Å²) >= 11 is 7.58. The fourth-order valence-corrected chi connectivity index (χ4v) is 1.14. The highest BCUT2D eigenvalue weighted by molar-refractivity contribution is 9.10. The molecule has 1 aromatic rings. The van der Waals surface area contributed by atoms with Crippen molar-refractivity contribution in [3.8, 4) is 0 Å². The maximum Gasteiger partial charge on any atom is 0.0205 e. The highest BCUT2D eigenvalue weighted by Crippen LogP contribution is 2.18. The average Bonchev–Trinajstić information content (AvgIpc) is 2.02. The second-order valence-corrected chi connectivity index (χ2v) is 3.30. The number of hydrogen-bond acceptors (Lipinski definition) is 3. The molecule has 0 amide bonds. The van der Waals surface area contributed by atoms with Gasteiger partial charge in [0.1, 0.15) is 0 Å². The maximum atomic E-state index is 6.00. The molecule has 2 nitrogen and oxygen atoms in total. The molecule has 11 heavy (non-hydrogen) atoms. The van der Waals surface area contributed by atoms with Crippen LogP contribution in [0, 0.1) is 6.92 Å². The molecule has 0 aromatic heterocycles. The highest BCUT2D eigenvalue weighted by Gasteiger charge is 1.91. The molecule has 0 aliphatic heterocycles. The van der Waals surface area contributed by atoms with Crippen LogP contribution >= 0.6 is 28.6 Å². The standard InChI is InChI=1S/C7H7BrS.H2O2/c1-5-4-6(9)2-3-7(5)8;1-2/h2-4,9H,1H3;1-2H. The Morgan fingerprint density at radius 3 is 2.27 bits per heavy atom. The van der Waals surface area contributed by atoms with Gasteiger partial charge in [-0.2, -0.15) is 0 Å². The van der Waals surface area contributed by atoms with E-state index in [1.54, 1.807) is 0 Å². The molecular weight excluding hydrogens is 228 g/mol. The van der Waals surface area contributed by atoms with E-state index in [0.29, 0.717) is 0 Å². The van der Waals surface area contributed by atoms with Crippen LogP contribution < -0.4 is 0 Å². The molecule has 0 aliphatic rings. The molecule has 0 aliphatic carbocycles. The zero-order valence-electron chi connectivity index (χ0n) is 5.95. The van der Waals surface area contributed by atoms with Crippen molar-refractivity contribution in [2.45, 2.75) is 11.8 Å². The minimum absolute atomic E-state index is 1.01. The fraction of sp³-hybridized carbons (Fsp3) is 0.143. The summed E-state index contributed by atoms with van der Waals surface area (Å²) < 4.78 is 1.14. The molecule has 0 heterocycles. The number of hydrogen-bond donors (Lipinski definition) is 3. The van der Waals surface area contributed by atoms with Gasteiger partial charge in [0.2, 0.25) is 0 Å². The van der Waals surface area contributed by atoms with E-state index in [1.807, 2.05) is 25.1 Å². The van der Waals surface area contributed by atoms with Gasteiger partial charge in [0.15, 0.2) is 0 Å². The molecule has 2 N–H and O–H groups in total. The van der Waals surface area contributed by atoms with Crippen LogP contribution in [0.4, 0.5) is 0 Å². The van der Waals surface area contributed by atoms with Gasteiger partial charge in [-0.05, 0) is 30.7 Å². The Morgan fingerprint density at radius 2 is 1.91 bits per heavy atom. The SMILES string of the molecule is Cc1cc(S)ccc1Br.OO. The molecule has 0 unspecified atom stereocenters. The molecule has 0 radical (unpaired) electrons. The smallest absolute Gasteiger partial charge is 0.0205 e. The third-order valence-electron chi connectivity index (χ3n) is 1.14. The van der Waals surface area contributed by atoms with E-state index in [4.69, 9.17) is 10.5 Å². The third-order valence-corrected chi connectivity index (χ3v) is 2.31. The Morgan fingerprint density at radius 1 is 1.36 bits per heavy atom. The Kier molecular flexibility index (Phi) is 5.58. The molecule has 0 saturated carbocycles. The third kappa shape index (κ3) is 3.76. The van der Waals surface area contributed by atoms with Crippen LogP contribution in [-0.2, 0) is 0 Å².